The maximum Gasteiger partial charge on any atom is 0.123 e. The van der Waals surface area contributed by atoms with Gasteiger partial charge in [-0.15, -0.1) is 4.94 Å². The molecule has 0 radical (unpaired) electrons. The van der Waals surface area contributed by atoms with Gasteiger partial charge in [0.1, 0.15) is 5.82 Å². The SMILES string of the molecule is Fc1ccc(N(Cl)NCl)cc1. The predicted octanol–water partition coefficient (Wildman–Crippen LogP) is 2.44. The first-order valence-corrected chi connectivity index (χ1v) is 3.53. The van der Waals surface area contributed by atoms with Crippen molar-refractivity contribution in [2.75, 3.05) is 4.53 Å². The molecule has 0 saturated heterocycles. The van der Waals surface area contributed by atoms with E-state index < -0.39 is 0 Å². The van der Waals surface area contributed by atoms with Gasteiger partial charge in [-0.25, -0.2) is 8.92 Å². The molecular weight excluding hydrogens is 190 g/mol. The van der Waals surface area contributed by atoms with Crippen molar-refractivity contribution >= 4 is 29.2 Å². The van der Waals surface area contributed by atoms with Crippen molar-refractivity contribution in [3.05, 3.63) is 30.1 Å². The molecule has 5 heteroatoms. The lowest BCUT2D eigenvalue weighted by molar-refractivity contribution is 0.628. The highest BCUT2D eigenvalue weighted by atomic mass is 35.5. The van der Waals surface area contributed by atoms with Crippen LogP contribution < -0.4 is 9.47 Å². The third kappa shape index (κ3) is 2.22. The largest absolute Gasteiger partial charge is 0.207 e. The zero-order chi connectivity index (χ0) is 8.27. The van der Waals surface area contributed by atoms with Crippen molar-refractivity contribution in [3.63, 3.8) is 0 Å². The van der Waals surface area contributed by atoms with Crippen LogP contribution in [0.1, 0.15) is 0 Å². The van der Waals surface area contributed by atoms with E-state index >= 15 is 0 Å². The standard InChI is InChI=1S/C6H5Cl2FN2/c7-10-11(8)6-3-1-5(9)2-4-6/h1-4,10H. The summed E-state index contributed by atoms with van der Waals surface area (Å²) in [5.74, 6) is -0.312. The molecule has 0 unspecified atom stereocenters. The number of nitrogens with one attached hydrogen (secondary N) is 1. The fraction of sp³-hybridized carbons (Fsp3) is 0. The summed E-state index contributed by atoms with van der Waals surface area (Å²) in [6.07, 6.45) is 0. The second kappa shape index (κ2) is 3.76. The summed E-state index contributed by atoms with van der Waals surface area (Å²) in [4.78, 5) is 2.15. The predicted molar refractivity (Wildman–Crippen MR) is 43.7 cm³/mol. The van der Waals surface area contributed by atoms with Crippen molar-refractivity contribution in [3.8, 4) is 0 Å². The number of nitrogens with zero attached hydrogens (tertiary/aromatic N) is 1. The van der Waals surface area contributed by atoms with Crippen LogP contribution in [-0.4, -0.2) is 0 Å². The van der Waals surface area contributed by atoms with Gasteiger partial charge in [-0.1, -0.05) is 0 Å². The van der Waals surface area contributed by atoms with Gasteiger partial charge in [0, 0.05) is 11.8 Å². The van der Waals surface area contributed by atoms with Gasteiger partial charge in [0.05, 0.1) is 5.69 Å². The molecule has 0 saturated carbocycles. The van der Waals surface area contributed by atoms with E-state index in [-0.39, 0.29) is 5.82 Å². The zero-order valence-corrected chi connectivity index (χ0v) is 6.90. The Kier molecular flexibility index (Phi) is 2.93. The second-order valence-electron chi connectivity index (χ2n) is 1.84. The summed E-state index contributed by atoms with van der Waals surface area (Å²) < 4.78 is 13.4. The van der Waals surface area contributed by atoms with E-state index in [4.69, 9.17) is 23.6 Å². The van der Waals surface area contributed by atoms with Crippen LogP contribution in [0.15, 0.2) is 24.3 Å². The molecule has 0 aliphatic heterocycles. The van der Waals surface area contributed by atoms with Crippen LogP contribution in [0.25, 0.3) is 0 Å². The Bertz CT molecular complexity index is 227. The van der Waals surface area contributed by atoms with Crippen molar-refractivity contribution in [2.24, 2.45) is 0 Å². The third-order valence-corrected chi connectivity index (χ3v) is 1.66. The Morgan fingerprint density at radius 1 is 1.27 bits per heavy atom. The molecule has 0 bridgehead atoms. The lowest BCUT2D eigenvalue weighted by atomic mass is 10.3. The summed E-state index contributed by atoms with van der Waals surface area (Å²) in [7, 11) is 0. The molecule has 0 atom stereocenters. The number of anilines is 1. The molecule has 60 valence electrons. The topological polar surface area (TPSA) is 15.3 Å². The maximum absolute atomic E-state index is 12.3. The fourth-order valence-electron chi connectivity index (χ4n) is 0.621. The molecular formula is C6H5Cl2FN2. The normalized spacial score (nSPS) is 9.73. The van der Waals surface area contributed by atoms with E-state index in [2.05, 4.69) is 4.94 Å². The Morgan fingerprint density at radius 3 is 2.27 bits per heavy atom. The number of rotatable bonds is 2. The summed E-state index contributed by atoms with van der Waals surface area (Å²) in [6, 6.07) is 5.58. The lowest BCUT2D eigenvalue weighted by Crippen LogP contribution is -2.19. The van der Waals surface area contributed by atoms with Crippen LogP contribution in [0.5, 0.6) is 0 Å². The Hall–Kier alpha value is -0.510. The number of hydrazine groups is 1. The van der Waals surface area contributed by atoms with E-state index in [1.807, 2.05) is 0 Å². The average Bonchev–Trinajstić information content (AvgIpc) is 2.05. The van der Waals surface area contributed by atoms with Crippen LogP contribution in [0, 0.1) is 5.82 Å². The molecule has 11 heavy (non-hydrogen) atoms. The summed E-state index contributed by atoms with van der Waals surface area (Å²) in [5, 5.41) is 0. The Balaban J connectivity index is 2.81. The minimum absolute atomic E-state index is 0.312. The molecule has 0 amide bonds. The molecule has 0 aliphatic carbocycles. The molecule has 0 spiro atoms. The molecule has 0 aromatic heterocycles. The average molecular weight is 195 g/mol. The first-order chi connectivity index (χ1) is 5.24. The number of hydrogen-bond donors (Lipinski definition) is 1. The van der Waals surface area contributed by atoms with Crippen molar-refractivity contribution in [1.82, 2.24) is 4.94 Å². The van der Waals surface area contributed by atoms with Crippen LogP contribution >= 0.6 is 23.6 Å². The highest BCUT2D eigenvalue weighted by Crippen LogP contribution is 2.14. The van der Waals surface area contributed by atoms with Gasteiger partial charge in [-0.2, -0.15) is 0 Å². The first kappa shape index (κ1) is 8.59. The van der Waals surface area contributed by atoms with Crippen LogP contribution in [0.4, 0.5) is 10.1 Å². The summed E-state index contributed by atoms with van der Waals surface area (Å²) in [5.41, 5.74) is 0.572. The smallest absolute Gasteiger partial charge is 0.123 e. The van der Waals surface area contributed by atoms with Crippen molar-refractivity contribution in [2.45, 2.75) is 0 Å². The Labute approximate surface area is 73.7 Å². The van der Waals surface area contributed by atoms with Gasteiger partial charge in [0.2, 0.25) is 0 Å². The van der Waals surface area contributed by atoms with Crippen molar-refractivity contribution in [1.29, 1.82) is 0 Å². The van der Waals surface area contributed by atoms with Gasteiger partial charge >= 0.3 is 0 Å². The zero-order valence-electron chi connectivity index (χ0n) is 5.39. The third-order valence-electron chi connectivity index (χ3n) is 1.13. The maximum atomic E-state index is 12.3. The molecule has 1 N–H and O–H groups in total. The van der Waals surface area contributed by atoms with Gasteiger partial charge in [0.15, 0.2) is 0 Å². The monoisotopic (exact) mass is 194 g/mol. The van der Waals surface area contributed by atoms with E-state index in [0.29, 0.717) is 5.69 Å². The van der Waals surface area contributed by atoms with Crippen LogP contribution in [-0.2, 0) is 0 Å². The van der Waals surface area contributed by atoms with Crippen LogP contribution in [0.2, 0.25) is 0 Å². The minimum Gasteiger partial charge on any atom is -0.207 e. The molecule has 1 aromatic rings. The number of halogens is 3. The molecule has 2 nitrogen and oxygen atoms in total. The molecule has 1 rings (SSSR count). The minimum atomic E-state index is -0.312. The number of hydrogen-bond acceptors (Lipinski definition) is 2. The Morgan fingerprint density at radius 2 is 1.82 bits per heavy atom. The second-order valence-corrected chi connectivity index (χ2v) is 2.35. The quantitative estimate of drug-likeness (QED) is 0.575. The van der Waals surface area contributed by atoms with E-state index in [1.165, 1.54) is 24.3 Å². The van der Waals surface area contributed by atoms with Gasteiger partial charge in [-0.05, 0) is 36.0 Å². The highest BCUT2D eigenvalue weighted by Gasteiger charge is 1.99. The lowest BCUT2D eigenvalue weighted by Gasteiger charge is -2.10. The number of benzene rings is 1. The molecule has 1 aromatic carbocycles. The van der Waals surface area contributed by atoms with Crippen molar-refractivity contribution < 1.29 is 4.39 Å². The van der Waals surface area contributed by atoms with E-state index in [9.17, 15) is 4.39 Å². The molecule has 0 heterocycles. The van der Waals surface area contributed by atoms with E-state index in [0.717, 1.165) is 4.53 Å². The van der Waals surface area contributed by atoms with Gasteiger partial charge < -0.3 is 0 Å². The fourth-order valence-corrected chi connectivity index (χ4v) is 0.831. The van der Waals surface area contributed by atoms with E-state index in [1.54, 1.807) is 0 Å². The summed E-state index contributed by atoms with van der Waals surface area (Å²) >= 11 is 10.7. The van der Waals surface area contributed by atoms with Gasteiger partial charge in [0.25, 0.3) is 0 Å². The first-order valence-electron chi connectivity index (χ1n) is 2.82. The summed E-state index contributed by atoms with van der Waals surface area (Å²) in [6.45, 7) is 0. The highest BCUT2D eigenvalue weighted by molar-refractivity contribution is 6.29. The van der Waals surface area contributed by atoms with Crippen LogP contribution in [0.3, 0.4) is 0 Å². The molecule has 0 fully saturated rings. The van der Waals surface area contributed by atoms with Gasteiger partial charge in [-0.3, -0.25) is 0 Å². The molecule has 0 aliphatic rings.